The van der Waals surface area contributed by atoms with Crippen molar-refractivity contribution in [1.29, 1.82) is 0 Å². The molecule has 0 aromatic heterocycles. The van der Waals surface area contributed by atoms with Gasteiger partial charge in [0, 0.05) is 19.1 Å². The lowest BCUT2D eigenvalue weighted by Crippen LogP contribution is -2.40. The van der Waals surface area contributed by atoms with Crippen LogP contribution in [0.25, 0.3) is 0 Å². The average Bonchev–Trinajstić information content (AvgIpc) is 2.36. The number of alkyl carbamates (subject to hydrolysis) is 1. The smallest absolute Gasteiger partial charge is 0.407 e. The first kappa shape index (κ1) is 18.0. The highest BCUT2D eigenvalue weighted by Gasteiger charge is 2.25. The van der Waals surface area contributed by atoms with Crippen LogP contribution in [-0.4, -0.2) is 30.8 Å². The number of ether oxygens (including phenoxy) is 1. The number of hydrogen-bond acceptors (Lipinski definition) is 3. The van der Waals surface area contributed by atoms with E-state index in [9.17, 15) is 4.79 Å². The molecule has 1 aliphatic rings. The lowest BCUT2D eigenvalue weighted by Gasteiger charge is -2.34. The molecule has 0 bridgehead atoms. The second-order valence-corrected chi connectivity index (χ2v) is 7.14. The van der Waals surface area contributed by atoms with Gasteiger partial charge in [-0.05, 0) is 39.0 Å². The van der Waals surface area contributed by atoms with Crippen molar-refractivity contribution < 1.29 is 9.53 Å². The van der Waals surface area contributed by atoms with Gasteiger partial charge in [0.1, 0.15) is 5.60 Å². The summed E-state index contributed by atoms with van der Waals surface area (Å²) < 4.78 is 5.17. The van der Waals surface area contributed by atoms with Gasteiger partial charge in [0.25, 0.3) is 0 Å². The van der Waals surface area contributed by atoms with E-state index in [1.807, 2.05) is 26.8 Å². The Morgan fingerprint density at radius 1 is 1.19 bits per heavy atom. The van der Waals surface area contributed by atoms with Crippen LogP contribution >= 0.6 is 0 Å². The molecule has 2 N–H and O–H groups in total. The van der Waals surface area contributed by atoms with Crippen molar-refractivity contribution >= 4 is 6.09 Å². The molecular weight excluding hydrogens is 264 g/mol. The van der Waals surface area contributed by atoms with E-state index in [0.29, 0.717) is 12.6 Å². The van der Waals surface area contributed by atoms with Gasteiger partial charge in [-0.15, -0.1) is 0 Å². The highest BCUT2D eigenvalue weighted by Crippen LogP contribution is 2.29. The molecule has 0 aliphatic heterocycles. The zero-order chi connectivity index (χ0) is 15.9. The molecule has 1 saturated carbocycles. The number of rotatable bonds is 5. The Morgan fingerprint density at radius 3 is 2.52 bits per heavy atom. The first-order chi connectivity index (χ1) is 9.79. The number of amides is 1. The summed E-state index contributed by atoms with van der Waals surface area (Å²) in [6.45, 7) is 11.6. The third-order valence-electron chi connectivity index (χ3n) is 4.13. The van der Waals surface area contributed by atoms with Crippen molar-refractivity contribution in [3.63, 3.8) is 0 Å². The van der Waals surface area contributed by atoms with Crippen LogP contribution in [0.5, 0.6) is 0 Å². The Kier molecular flexibility index (Phi) is 7.23. The lowest BCUT2D eigenvalue weighted by molar-refractivity contribution is 0.0534. The fraction of sp³-hybridized carbons (Fsp3) is 0.824. The second kappa shape index (κ2) is 8.42. The van der Waals surface area contributed by atoms with Crippen LogP contribution in [0.3, 0.4) is 0 Å². The predicted octanol–water partition coefficient (Wildman–Crippen LogP) is 3.48. The summed E-state index contributed by atoms with van der Waals surface area (Å²) in [5, 5.41) is 6.32. The zero-order valence-corrected chi connectivity index (χ0v) is 14.2. The Morgan fingerprint density at radius 2 is 1.86 bits per heavy atom. The van der Waals surface area contributed by atoms with E-state index in [-0.39, 0.29) is 6.09 Å². The fourth-order valence-corrected chi connectivity index (χ4v) is 2.71. The summed E-state index contributed by atoms with van der Waals surface area (Å²) in [5.74, 6) is 1.56. The molecule has 0 spiro atoms. The van der Waals surface area contributed by atoms with E-state index < -0.39 is 5.60 Å². The van der Waals surface area contributed by atoms with Gasteiger partial charge in [0.05, 0.1) is 0 Å². The van der Waals surface area contributed by atoms with E-state index >= 15 is 0 Å². The third kappa shape index (κ3) is 7.51. The molecule has 122 valence electrons. The van der Waals surface area contributed by atoms with E-state index in [4.69, 9.17) is 4.74 Å². The Balaban J connectivity index is 2.14. The summed E-state index contributed by atoms with van der Waals surface area (Å²) in [5.41, 5.74) is -0.441. The quantitative estimate of drug-likeness (QED) is 0.764. The van der Waals surface area contributed by atoms with Crippen molar-refractivity contribution in [3.05, 3.63) is 12.2 Å². The Hall–Kier alpha value is -1.03. The molecule has 3 unspecified atom stereocenters. The van der Waals surface area contributed by atoms with Gasteiger partial charge in [0.2, 0.25) is 0 Å². The van der Waals surface area contributed by atoms with Crippen molar-refractivity contribution in [3.8, 4) is 0 Å². The number of carbonyl (C=O) groups is 1. The van der Waals surface area contributed by atoms with Gasteiger partial charge < -0.3 is 15.4 Å². The van der Waals surface area contributed by atoms with E-state index in [2.05, 4.69) is 30.6 Å². The monoisotopic (exact) mass is 296 g/mol. The van der Waals surface area contributed by atoms with Crippen LogP contribution in [0.15, 0.2) is 12.2 Å². The number of hydrogen-bond donors (Lipinski definition) is 2. The molecule has 4 nitrogen and oxygen atoms in total. The zero-order valence-electron chi connectivity index (χ0n) is 14.2. The minimum Gasteiger partial charge on any atom is -0.444 e. The van der Waals surface area contributed by atoms with Gasteiger partial charge in [-0.1, -0.05) is 38.8 Å². The van der Waals surface area contributed by atoms with E-state index in [0.717, 1.165) is 18.4 Å². The molecule has 3 atom stereocenters. The van der Waals surface area contributed by atoms with Gasteiger partial charge in [-0.2, -0.15) is 0 Å². The highest BCUT2D eigenvalue weighted by molar-refractivity contribution is 5.67. The maximum atomic E-state index is 11.4. The van der Waals surface area contributed by atoms with Crippen LogP contribution in [-0.2, 0) is 4.74 Å². The van der Waals surface area contributed by atoms with Crippen molar-refractivity contribution in [2.75, 3.05) is 13.1 Å². The minimum atomic E-state index is -0.441. The standard InChI is InChI=1S/C17H32N2O2/c1-13-9-8-10-15(14(13)2)18-11-6-7-12-19-16(20)21-17(3,4)5/h6-7,13-15,18H,8-12H2,1-5H3,(H,19,20)/b7-6+. The third-order valence-corrected chi connectivity index (χ3v) is 4.13. The first-order valence-corrected chi connectivity index (χ1v) is 8.15. The number of carbonyl (C=O) groups excluding carboxylic acids is 1. The van der Waals surface area contributed by atoms with Gasteiger partial charge in [-0.3, -0.25) is 0 Å². The van der Waals surface area contributed by atoms with E-state index in [1.165, 1.54) is 19.3 Å². The molecule has 0 aromatic rings. The molecule has 0 heterocycles. The molecule has 21 heavy (non-hydrogen) atoms. The minimum absolute atomic E-state index is 0.366. The fourth-order valence-electron chi connectivity index (χ4n) is 2.71. The molecule has 1 aliphatic carbocycles. The Labute approximate surface area is 129 Å². The van der Waals surface area contributed by atoms with Crippen molar-refractivity contribution in [2.45, 2.75) is 65.5 Å². The topological polar surface area (TPSA) is 50.4 Å². The highest BCUT2D eigenvalue weighted by atomic mass is 16.6. The van der Waals surface area contributed by atoms with Crippen molar-refractivity contribution in [2.24, 2.45) is 11.8 Å². The summed E-state index contributed by atoms with van der Waals surface area (Å²) in [7, 11) is 0. The summed E-state index contributed by atoms with van der Waals surface area (Å²) in [4.78, 5) is 11.4. The normalized spacial score (nSPS) is 26.8. The summed E-state index contributed by atoms with van der Waals surface area (Å²) in [6.07, 6.45) is 7.63. The lowest BCUT2D eigenvalue weighted by atomic mass is 9.78. The van der Waals surface area contributed by atoms with Crippen LogP contribution in [0.4, 0.5) is 4.79 Å². The molecule has 0 aromatic carbocycles. The average molecular weight is 296 g/mol. The van der Waals surface area contributed by atoms with Crippen LogP contribution in [0, 0.1) is 11.8 Å². The molecule has 0 saturated heterocycles. The maximum absolute atomic E-state index is 11.4. The molecular formula is C17H32N2O2. The van der Waals surface area contributed by atoms with Gasteiger partial charge in [0.15, 0.2) is 0 Å². The van der Waals surface area contributed by atoms with Crippen molar-refractivity contribution in [1.82, 2.24) is 10.6 Å². The maximum Gasteiger partial charge on any atom is 0.407 e. The molecule has 1 amide bonds. The predicted molar refractivity (Wildman–Crippen MR) is 87.3 cm³/mol. The van der Waals surface area contributed by atoms with E-state index in [1.54, 1.807) is 0 Å². The number of nitrogens with one attached hydrogen (secondary N) is 2. The molecule has 0 radical (unpaired) electrons. The molecule has 1 fully saturated rings. The molecule has 4 heteroatoms. The SMILES string of the molecule is CC1CCCC(NC/C=C/CNC(=O)OC(C)(C)C)C1C. The van der Waals surface area contributed by atoms with Crippen LogP contribution in [0.1, 0.15) is 53.9 Å². The second-order valence-electron chi connectivity index (χ2n) is 7.14. The van der Waals surface area contributed by atoms with Crippen LogP contribution in [0.2, 0.25) is 0 Å². The first-order valence-electron chi connectivity index (χ1n) is 8.15. The van der Waals surface area contributed by atoms with Crippen LogP contribution < -0.4 is 10.6 Å². The summed E-state index contributed by atoms with van der Waals surface area (Å²) >= 11 is 0. The largest absolute Gasteiger partial charge is 0.444 e. The summed E-state index contributed by atoms with van der Waals surface area (Å²) in [6, 6.07) is 0.622. The van der Waals surface area contributed by atoms with Gasteiger partial charge >= 0.3 is 6.09 Å². The Bertz CT molecular complexity index is 347. The molecule has 1 rings (SSSR count). The van der Waals surface area contributed by atoms with Gasteiger partial charge in [-0.25, -0.2) is 4.79 Å².